The van der Waals surface area contributed by atoms with Gasteiger partial charge in [-0.25, -0.2) is 4.39 Å². The van der Waals surface area contributed by atoms with Crippen LogP contribution in [-0.2, 0) is 11.2 Å². The van der Waals surface area contributed by atoms with E-state index in [1.165, 1.54) is 13.2 Å². The third-order valence-electron chi connectivity index (χ3n) is 4.37. The second kappa shape index (κ2) is 9.21. The molecule has 0 aliphatic carbocycles. The first-order valence-corrected chi connectivity index (χ1v) is 8.54. The van der Waals surface area contributed by atoms with Gasteiger partial charge in [-0.05, 0) is 35.4 Å². The fourth-order valence-corrected chi connectivity index (χ4v) is 3.31. The molecule has 1 amide bonds. The van der Waals surface area contributed by atoms with Gasteiger partial charge >= 0.3 is 0 Å². The highest BCUT2D eigenvalue weighted by Gasteiger charge is 2.28. The lowest BCUT2D eigenvalue weighted by Crippen LogP contribution is -2.49. The lowest BCUT2D eigenvalue weighted by Gasteiger charge is -2.36. The lowest BCUT2D eigenvalue weighted by molar-refractivity contribution is -0.133. The fraction of sp³-hybridized carbons (Fsp3) is 0.316. The molecule has 3 rings (SSSR count). The van der Waals surface area contributed by atoms with E-state index in [2.05, 4.69) is 5.32 Å². The maximum absolute atomic E-state index is 13.9. The Morgan fingerprint density at radius 1 is 1.35 bits per heavy atom. The van der Waals surface area contributed by atoms with Gasteiger partial charge in [0.1, 0.15) is 0 Å². The highest BCUT2D eigenvalue weighted by molar-refractivity contribution is 6.30. The van der Waals surface area contributed by atoms with Crippen molar-refractivity contribution in [3.8, 4) is 5.75 Å². The number of halogens is 3. The van der Waals surface area contributed by atoms with Gasteiger partial charge in [0.2, 0.25) is 5.91 Å². The van der Waals surface area contributed by atoms with Gasteiger partial charge in [0.05, 0.1) is 19.6 Å². The lowest BCUT2D eigenvalue weighted by atomic mass is 10.0. The number of hydrogen-bond acceptors (Lipinski definition) is 3. The Balaban J connectivity index is 0.00000243. The first-order valence-electron chi connectivity index (χ1n) is 8.16. The molecule has 1 atom stereocenters. The summed E-state index contributed by atoms with van der Waals surface area (Å²) in [6.07, 6.45) is 0.151. The Bertz CT molecular complexity index is 773. The average Bonchev–Trinajstić information content (AvgIpc) is 2.62. The molecule has 26 heavy (non-hydrogen) atoms. The second-order valence-corrected chi connectivity index (χ2v) is 6.44. The first kappa shape index (κ1) is 20.5. The molecule has 1 N–H and O–H groups in total. The summed E-state index contributed by atoms with van der Waals surface area (Å²) in [6, 6.07) is 12.1. The molecule has 0 saturated carbocycles. The van der Waals surface area contributed by atoms with Crippen LogP contribution in [0, 0.1) is 5.82 Å². The van der Waals surface area contributed by atoms with Gasteiger partial charge in [-0.1, -0.05) is 29.8 Å². The molecule has 1 unspecified atom stereocenters. The van der Waals surface area contributed by atoms with E-state index >= 15 is 0 Å². The third kappa shape index (κ3) is 4.67. The van der Waals surface area contributed by atoms with Crippen molar-refractivity contribution < 1.29 is 13.9 Å². The molecule has 140 valence electrons. The van der Waals surface area contributed by atoms with Crippen LogP contribution >= 0.6 is 24.0 Å². The average molecular weight is 399 g/mol. The van der Waals surface area contributed by atoms with Crippen LogP contribution < -0.4 is 10.1 Å². The van der Waals surface area contributed by atoms with Crippen molar-refractivity contribution in [3.63, 3.8) is 0 Å². The van der Waals surface area contributed by atoms with Crippen LogP contribution in [0.4, 0.5) is 4.39 Å². The van der Waals surface area contributed by atoms with Gasteiger partial charge in [-0.3, -0.25) is 4.79 Å². The van der Waals surface area contributed by atoms with E-state index in [0.29, 0.717) is 23.7 Å². The highest BCUT2D eigenvalue weighted by Crippen LogP contribution is 2.26. The standard InChI is InChI=1S/C19H20ClFN2O2.ClH/c1-25-18-6-5-13(9-16(18)21)10-19(24)23-8-7-22-12-17(23)14-3-2-4-15(20)11-14;/h2-6,9,11,17,22H,7-8,10,12H2,1H3;1H. The molecule has 0 aromatic heterocycles. The van der Waals surface area contributed by atoms with E-state index in [1.807, 2.05) is 29.2 Å². The van der Waals surface area contributed by atoms with Crippen LogP contribution in [0.2, 0.25) is 5.02 Å². The SMILES string of the molecule is COc1ccc(CC(=O)N2CCNCC2c2cccc(Cl)c2)cc1F.Cl. The van der Waals surface area contributed by atoms with Crippen molar-refractivity contribution in [1.29, 1.82) is 0 Å². The van der Waals surface area contributed by atoms with Crippen LogP contribution in [0.5, 0.6) is 5.75 Å². The monoisotopic (exact) mass is 398 g/mol. The number of amides is 1. The maximum Gasteiger partial charge on any atom is 0.227 e. The van der Waals surface area contributed by atoms with Gasteiger partial charge in [-0.15, -0.1) is 12.4 Å². The smallest absolute Gasteiger partial charge is 0.227 e. The van der Waals surface area contributed by atoms with Crippen molar-refractivity contribution >= 4 is 29.9 Å². The summed E-state index contributed by atoms with van der Waals surface area (Å²) in [5.74, 6) is -0.314. The number of piperazine rings is 1. The quantitative estimate of drug-likeness (QED) is 0.854. The second-order valence-electron chi connectivity index (χ2n) is 6.01. The summed E-state index contributed by atoms with van der Waals surface area (Å²) in [7, 11) is 1.42. The fourth-order valence-electron chi connectivity index (χ4n) is 3.11. The molecular formula is C19H21Cl2FN2O2. The summed E-state index contributed by atoms with van der Waals surface area (Å²) in [4.78, 5) is 14.7. The minimum absolute atomic E-state index is 0. The van der Waals surface area contributed by atoms with Crippen LogP contribution in [-0.4, -0.2) is 37.6 Å². The molecule has 2 aromatic rings. The zero-order chi connectivity index (χ0) is 17.8. The maximum atomic E-state index is 13.9. The van der Waals surface area contributed by atoms with Gasteiger partial charge in [-0.2, -0.15) is 0 Å². The van der Waals surface area contributed by atoms with Crippen molar-refractivity contribution in [1.82, 2.24) is 10.2 Å². The summed E-state index contributed by atoms with van der Waals surface area (Å²) in [5, 5.41) is 3.96. The van der Waals surface area contributed by atoms with Crippen molar-refractivity contribution in [2.45, 2.75) is 12.5 Å². The van der Waals surface area contributed by atoms with Crippen LogP contribution in [0.15, 0.2) is 42.5 Å². The summed E-state index contributed by atoms with van der Waals surface area (Å²) < 4.78 is 18.8. The zero-order valence-electron chi connectivity index (χ0n) is 14.4. The summed E-state index contributed by atoms with van der Waals surface area (Å²) in [6.45, 7) is 2.01. The minimum Gasteiger partial charge on any atom is -0.494 e. The van der Waals surface area contributed by atoms with E-state index in [-0.39, 0.29) is 36.5 Å². The Morgan fingerprint density at radius 3 is 2.85 bits per heavy atom. The molecule has 0 bridgehead atoms. The molecule has 1 heterocycles. The van der Waals surface area contributed by atoms with Gasteiger partial charge in [0.15, 0.2) is 11.6 Å². The number of carbonyl (C=O) groups is 1. The number of methoxy groups -OCH3 is 1. The molecular weight excluding hydrogens is 378 g/mol. The van der Waals surface area contributed by atoms with Gasteiger partial charge < -0.3 is 15.0 Å². The van der Waals surface area contributed by atoms with E-state index < -0.39 is 5.82 Å². The predicted molar refractivity (Wildman–Crippen MR) is 103 cm³/mol. The molecule has 7 heteroatoms. The number of benzene rings is 2. The molecule has 0 radical (unpaired) electrons. The summed E-state index contributed by atoms with van der Waals surface area (Å²) >= 11 is 6.09. The number of carbonyl (C=O) groups excluding carboxylic acids is 1. The molecule has 1 aliphatic heterocycles. The van der Waals surface area contributed by atoms with Crippen molar-refractivity contribution in [2.24, 2.45) is 0 Å². The molecule has 1 fully saturated rings. The highest BCUT2D eigenvalue weighted by atomic mass is 35.5. The van der Waals surface area contributed by atoms with Crippen molar-refractivity contribution in [2.75, 3.05) is 26.7 Å². The normalized spacial score (nSPS) is 16.7. The number of nitrogens with zero attached hydrogens (tertiary/aromatic N) is 1. The van der Waals surface area contributed by atoms with Crippen LogP contribution in [0.3, 0.4) is 0 Å². The molecule has 1 saturated heterocycles. The Hall–Kier alpha value is -1.82. The Morgan fingerprint density at radius 2 is 2.15 bits per heavy atom. The number of hydrogen-bond donors (Lipinski definition) is 1. The molecule has 0 spiro atoms. The van der Waals surface area contributed by atoms with E-state index in [0.717, 1.165) is 12.1 Å². The van der Waals surface area contributed by atoms with Crippen LogP contribution in [0.25, 0.3) is 0 Å². The number of nitrogens with one attached hydrogen (secondary N) is 1. The topological polar surface area (TPSA) is 41.6 Å². The van der Waals surface area contributed by atoms with E-state index in [4.69, 9.17) is 16.3 Å². The Kier molecular flexibility index (Phi) is 7.26. The Labute approximate surface area is 163 Å². The van der Waals surface area contributed by atoms with Gasteiger partial charge in [0, 0.05) is 24.7 Å². The predicted octanol–water partition coefficient (Wildman–Crippen LogP) is 3.63. The molecule has 1 aliphatic rings. The third-order valence-corrected chi connectivity index (χ3v) is 4.60. The number of rotatable bonds is 4. The minimum atomic E-state index is -0.459. The van der Waals surface area contributed by atoms with Gasteiger partial charge in [0.25, 0.3) is 0 Å². The van der Waals surface area contributed by atoms with Crippen LogP contribution in [0.1, 0.15) is 17.2 Å². The van der Waals surface area contributed by atoms with E-state index in [1.54, 1.807) is 12.1 Å². The van der Waals surface area contributed by atoms with Crippen molar-refractivity contribution in [3.05, 3.63) is 64.4 Å². The summed E-state index contributed by atoms with van der Waals surface area (Å²) in [5.41, 5.74) is 1.63. The first-order chi connectivity index (χ1) is 12.1. The molecule has 4 nitrogen and oxygen atoms in total. The molecule has 2 aromatic carbocycles. The zero-order valence-corrected chi connectivity index (χ0v) is 15.9. The largest absolute Gasteiger partial charge is 0.494 e. The number of ether oxygens (including phenoxy) is 1. The van der Waals surface area contributed by atoms with E-state index in [9.17, 15) is 9.18 Å².